The molecule has 0 aromatic carbocycles. The highest BCUT2D eigenvalue weighted by Crippen LogP contribution is 2.35. The van der Waals surface area contributed by atoms with Gasteiger partial charge in [-0.2, -0.15) is 21.6 Å². The fourth-order valence-corrected chi connectivity index (χ4v) is 5.03. The van der Waals surface area contributed by atoms with Crippen LogP contribution in [0.1, 0.15) is 64.7 Å². The Balaban J connectivity index is 4.01. The number of hydrogen-bond acceptors (Lipinski definition) is 5. The number of hydrogen-bond donors (Lipinski definition) is 1. The number of alkyl halides is 3. The van der Waals surface area contributed by atoms with Crippen LogP contribution in [0.4, 0.5) is 13.2 Å². The molecule has 0 saturated carbocycles. The van der Waals surface area contributed by atoms with Crippen molar-refractivity contribution in [2.45, 2.75) is 95.6 Å². The van der Waals surface area contributed by atoms with E-state index in [-0.39, 0.29) is 6.42 Å². The number of carbonyl (C=O) groups excluding carboxylic acids is 1. The van der Waals surface area contributed by atoms with E-state index in [0.29, 0.717) is 19.8 Å². The minimum Gasteiger partial charge on any atom is -0.448 e. The van der Waals surface area contributed by atoms with Crippen LogP contribution in [0.5, 0.6) is 0 Å². The van der Waals surface area contributed by atoms with Crippen LogP contribution in [0.25, 0.3) is 0 Å². The van der Waals surface area contributed by atoms with Gasteiger partial charge in [0.15, 0.2) is 8.32 Å². The molecule has 0 aromatic rings. The minimum atomic E-state index is -5.11. The van der Waals surface area contributed by atoms with Gasteiger partial charge >= 0.3 is 12.1 Å². The second-order valence-corrected chi connectivity index (χ2v) is 14.1. The van der Waals surface area contributed by atoms with Crippen LogP contribution >= 0.6 is 0 Å². The molecule has 0 aliphatic carbocycles. The molecule has 0 fully saturated rings. The van der Waals surface area contributed by atoms with Crippen LogP contribution in [0.15, 0.2) is 0 Å². The fourth-order valence-electron chi connectivity index (χ4n) is 2.80. The lowest BCUT2D eigenvalue weighted by Gasteiger charge is -2.30. The molecule has 1 atom stereocenters. The van der Waals surface area contributed by atoms with Crippen molar-refractivity contribution >= 4 is 24.4 Å². The van der Waals surface area contributed by atoms with Crippen molar-refractivity contribution in [1.82, 2.24) is 0 Å². The zero-order chi connectivity index (χ0) is 22.8. The van der Waals surface area contributed by atoms with Gasteiger partial charge in [-0.1, -0.05) is 44.9 Å². The molecule has 0 radical (unpaired) electrons. The molecule has 11 heteroatoms. The van der Waals surface area contributed by atoms with Crippen molar-refractivity contribution in [2.75, 3.05) is 12.9 Å². The summed E-state index contributed by atoms with van der Waals surface area (Å²) in [5.74, 6) is -2.85. The Morgan fingerprint density at radius 3 is 1.83 bits per heavy atom. The maximum absolute atomic E-state index is 13.0. The monoisotopic (exact) mass is 464 g/mol. The molecular weight excluding hydrogens is 429 g/mol. The summed E-state index contributed by atoms with van der Waals surface area (Å²) in [6.07, 6.45) is 2.06. The van der Waals surface area contributed by atoms with Crippen molar-refractivity contribution in [3.8, 4) is 0 Å². The molecule has 174 valence electrons. The zero-order valence-electron chi connectivity index (χ0n) is 17.8. The number of rotatable bonds is 15. The van der Waals surface area contributed by atoms with Crippen molar-refractivity contribution in [3.63, 3.8) is 0 Å². The molecule has 6 nitrogen and oxygen atoms in total. The van der Waals surface area contributed by atoms with Crippen LogP contribution < -0.4 is 0 Å². The van der Waals surface area contributed by atoms with E-state index in [9.17, 15) is 26.4 Å². The van der Waals surface area contributed by atoms with Crippen molar-refractivity contribution < 1.29 is 40.1 Å². The molecule has 0 amide bonds. The molecule has 0 saturated heterocycles. The number of halogens is 3. The SMILES string of the molecule is CO[Si](C)(C)CCCCCCCCCCC(=O)OC(C)(CS(=O)(=O)O)C(F)(F)F. The normalized spacial score (nSPS) is 15.2. The first kappa shape index (κ1) is 28.3. The van der Waals surface area contributed by atoms with Gasteiger partial charge in [-0.3, -0.25) is 9.35 Å². The average molecular weight is 465 g/mol. The molecule has 0 aliphatic rings. The minimum absolute atomic E-state index is 0.228. The van der Waals surface area contributed by atoms with Gasteiger partial charge in [-0.05, 0) is 32.5 Å². The summed E-state index contributed by atoms with van der Waals surface area (Å²) in [6, 6.07) is 1.14. The molecule has 29 heavy (non-hydrogen) atoms. The Kier molecular flexibility index (Phi) is 12.0. The molecular formula is C18H35F3O6SSi. The van der Waals surface area contributed by atoms with Crippen LogP contribution in [0.3, 0.4) is 0 Å². The Labute approximate surface area is 173 Å². The third kappa shape index (κ3) is 13.3. The molecule has 0 rings (SSSR count). The van der Waals surface area contributed by atoms with E-state index >= 15 is 0 Å². The molecule has 0 heterocycles. The predicted octanol–water partition coefficient (Wildman–Crippen LogP) is 5.10. The Hall–Kier alpha value is -0.653. The summed E-state index contributed by atoms with van der Waals surface area (Å²) in [4.78, 5) is 11.7. The highest BCUT2D eigenvalue weighted by Gasteiger charge is 2.56. The summed E-state index contributed by atoms with van der Waals surface area (Å²) < 4.78 is 79.4. The number of ether oxygens (including phenoxy) is 1. The lowest BCUT2D eigenvalue weighted by atomic mass is 10.1. The summed E-state index contributed by atoms with van der Waals surface area (Å²) in [7, 11) is -4.68. The molecule has 1 N–H and O–H groups in total. The van der Waals surface area contributed by atoms with Gasteiger partial charge in [0.1, 0.15) is 5.75 Å². The summed E-state index contributed by atoms with van der Waals surface area (Å²) in [5, 5.41) is 0. The third-order valence-corrected chi connectivity index (χ3v) is 8.44. The zero-order valence-corrected chi connectivity index (χ0v) is 19.6. The first-order chi connectivity index (χ1) is 13.1. The van der Waals surface area contributed by atoms with E-state index in [1.54, 1.807) is 7.11 Å². The van der Waals surface area contributed by atoms with E-state index in [1.165, 1.54) is 0 Å². The number of esters is 1. The van der Waals surface area contributed by atoms with E-state index in [4.69, 9.17) is 8.98 Å². The predicted molar refractivity (Wildman–Crippen MR) is 108 cm³/mol. The van der Waals surface area contributed by atoms with Crippen molar-refractivity contribution in [3.05, 3.63) is 0 Å². The largest absolute Gasteiger partial charge is 0.448 e. The van der Waals surface area contributed by atoms with E-state index in [1.807, 2.05) is 0 Å². The first-order valence-electron chi connectivity index (χ1n) is 9.91. The van der Waals surface area contributed by atoms with Crippen molar-refractivity contribution in [1.29, 1.82) is 0 Å². The van der Waals surface area contributed by atoms with Gasteiger partial charge in [0.2, 0.25) is 5.60 Å². The first-order valence-corrected chi connectivity index (χ1v) is 14.6. The molecule has 1 unspecified atom stereocenters. The fraction of sp³-hybridized carbons (Fsp3) is 0.944. The number of carbonyl (C=O) groups is 1. The van der Waals surface area contributed by atoms with Gasteiger partial charge < -0.3 is 9.16 Å². The van der Waals surface area contributed by atoms with Gasteiger partial charge in [0.05, 0.1) is 0 Å². The van der Waals surface area contributed by atoms with Gasteiger partial charge in [-0.15, -0.1) is 0 Å². The van der Waals surface area contributed by atoms with Crippen LogP contribution in [-0.2, 0) is 24.1 Å². The molecule has 0 aliphatic heterocycles. The Morgan fingerprint density at radius 1 is 0.966 bits per heavy atom. The summed E-state index contributed by atoms with van der Waals surface area (Å²) >= 11 is 0. The van der Waals surface area contributed by atoms with Gasteiger partial charge in [-0.25, -0.2) is 0 Å². The van der Waals surface area contributed by atoms with E-state index in [2.05, 4.69) is 17.8 Å². The lowest BCUT2D eigenvalue weighted by Crippen LogP contribution is -2.51. The Bertz CT molecular complexity index is 595. The highest BCUT2D eigenvalue weighted by molar-refractivity contribution is 7.85. The highest BCUT2D eigenvalue weighted by atomic mass is 32.2. The second-order valence-electron chi connectivity index (χ2n) is 8.22. The maximum Gasteiger partial charge on any atom is 0.429 e. The van der Waals surface area contributed by atoms with Gasteiger partial charge in [0.25, 0.3) is 10.1 Å². The Morgan fingerprint density at radius 2 is 1.41 bits per heavy atom. The third-order valence-electron chi connectivity index (χ3n) is 4.86. The quantitative estimate of drug-likeness (QED) is 0.157. The standard InChI is InChI=1S/C18H35F3O6SSi/c1-17(18(19,20)21,15-28(23,24)25)27-16(22)13-11-9-7-5-6-8-10-12-14-29(3,4)26-2/h5-15H2,1-4H3,(H,23,24,25). The summed E-state index contributed by atoms with van der Waals surface area (Å²) in [5.41, 5.74) is -3.27. The van der Waals surface area contributed by atoms with E-state index in [0.717, 1.165) is 44.6 Å². The average Bonchev–Trinajstić information content (AvgIpc) is 2.53. The number of unbranched alkanes of at least 4 members (excludes halogenated alkanes) is 7. The van der Waals surface area contributed by atoms with Crippen molar-refractivity contribution in [2.24, 2.45) is 0 Å². The molecule has 0 aromatic heterocycles. The maximum atomic E-state index is 13.0. The second kappa shape index (κ2) is 12.3. The topological polar surface area (TPSA) is 89.9 Å². The van der Waals surface area contributed by atoms with Gasteiger partial charge in [0, 0.05) is 13.5 Å². The van der Waals surface area contributed by atoms with E-state index < -0.39 is 41.9 Å². The van der Waals surface area contributed by atoms with Crippen LogP contribution in [-0.4, -0.2) is 51.9 Å². The summed E-state index contributed by atoms with van der Waals surface area (Å²) in [6.45, 7) is 4.82. The smallest absolute Gasteiger partial charge is 0.429 e. The molecule has 0 spiro atoms. The molecule has 0 bridgehead atoms. The van der Waals surface area contributed by atoms with Crippen LogP contribution in [0.2, 0.25) is 19.1 Å². The van der Waals surface area contributed by atoms with Crippen LogP contribution in [0, 0.1) is 0 Å². The lowest BCUT2D eigenvalue weighted by molar-refractivity contribution is -0.256.